The summed E-state index contributed by atoms with van der Waals surface area (Å²) >= 11 is 0. The van der Waals surface area contributed by atoms with E-state index < -0.39 is 32.7 Å². The van der Waals surface area contributed by atoms with Gasteiger partial charge in [-0.2, -0.15) is 13.5 Å². The first kappa shape index (κ1) is 21.0. The number of ether oxygens (including phenoxy) is 1. The van der Waals surface area contributed by atoms with Gasteiger partial charge in [0, 0.05) is 11.4 Å². The number of hydrogen-bond donors (Lipinski definition) is 3. The van der Waals surface area contributed by atoms with Crippen LogP contribution in [0.1, 0.15) is 27.6 Å². The van der Waals surface area contributed by atoms with Crippen molar-refractivity contribution in [2.45, 2.75) is 11.9 Å². The number of amides is 1. The van der Waals surface area contributed by atoms with Gasteiger partial charge in [0.25, 0.3) is 15.9 Å². The summed E-state index contributed by atoms with van der Waals surface area (Å²) in [4.78, 5) is 24.4. The summed E-state index contributed by atoms with van der Waals surface area (Å²) in [5.74, 6) is -1.84. The molecule has 0 saturated carbocycles. The smallest absolute Gasteiger partial charge is 0.338 e. The van der Waals surface area contributed by atoms with E-state index in [-0.39, 0.29) is 29.1 Å². The first-order valence-electron chi connectivity index (χ1n) is 8.70. The van der Waals surface area contributed by atoms with E-state index in [1.165, 1.54) is 30.3 Å². The number of carbonyl (C=O) groups is 2. The summed E-state index contributed by atoms with van der Waals surface area (Å²) in [7, 11) is -4.21. The lowest BCUT2D eigenvalue weighted by molar-refractivity contribution is 0.0526. The molecule has 1 aromatic heterocycles. The van der Waals surface area contributed by atoms with Crippen LogP contribution in [0.3, 0.4) is 0 Å². The van der Waals surface area contributed by atoms with Gasteiger partial charge in [-0.05, 0) is 49.4 Å². The van der Waals surface area contributed by atoms with Crippen LogP contribution < -0.4 is 10.0 Å². The van der Waals surface area contributed by atoms with E-state index >= 15 is 0 Å². The highest BCUT2D eigenvalue weighted by Gasteiger charge is 2.25. The molecule has 1 amide bonds. The van der Waals surface area contributed by atoms with Crippen LogP contribution in [0.25, 0.3) is 0 Å². The molecule has 0 unspecified atom stereocenters. The summed E-state index contributed by atoms with van der Waals surface area (Å²) in [5, 5.41) is 7.97. The zero-order chi connectivity index (χ0) is 21.7. The fraction of sp³-hybridized carbons (Fsp3) is 0.105. The van der Waals surface area contributed by atoms with E-state index in [2.05, 4.69) is 20.2 Å². The Labute approximate surface area is 171 Å². The lowest BCUT2D eigenvalue weighted by atomic mass is 10.2. The molecule has 0 spiro atoms. The molecule has 0 atom stereocenters. The van der Waals surface area contributed by atoms with E-state index in [4.69, 9.17) is 4.74 Å². The van der Waals surface area contributed by atoms with Gasteiger partial charge in [0.05, 0.1) is 23.9 Å². The molecule has 156 valence electrons. The zero-order valence-corrected chi connectivity index (χ0v) is 16.5. The van der Waals surface area contributed by atoms with Crippen LogP contribution in [0.15, 0.2) is 59.8 Å². The molecule has 0 aliphatic heterocycles. The van der Waals surface area contributed by atoms with Crippen LogP contribution in [-0.4, -0.2) is 37.1 Å². The topological polar surface area (TPSA) is 130 Å². The van der Waals surface area contributed by atoms with Gasteiger partial charge in [0.15, 0.2) is 5.03 Å². The first-order valence-corrected chi connectivity index (χ1v) is 10.2. The van der Waals surface area contributed by atoms with Crippen molar-refractivity contribution in [2.24, 2.45) is 0 Å². The quantitative estimate of drug-likeness (QED) is 0.492. The van der Waals surface area contributed by atoms with Gasteiger partial charge < -0.3 is 10.1 Å². The van der Waals surface area contributed by atoms with Crippen LogP contribution in [0.5, 0.6) is 0 Å². The summed E-state index contributed by atoms with van der Waals surface area (Å²) in [6.45, 7) is 1.87. The van der Waals surface area contributed by atoms with Crippen LogP contribution in [0.4, 0.5) is 15.8 Å². The summed E-state index contributed by atoms with van der Waals surface area (Å²) in [6, 6.07) is 10.7. The minimum atomic E-state index is -4.21. The van der Waals surface area contributed by atoms with Crippen molar-refractivity contribution in [3.63, 3.8) is 0 Å². The molecule has 3 rings (SSSR count). The number of carbonyl (C=O) groups excluding carboxylic acids is 2. The second kappa shape index (κ2) is 8.74. The van der Waals surface area contributed by atoms with Crippen molar-refractivity contribution in [3.05, 3.63) is 71.7 Å². The number of benzene rings is 2. The summed E-state index contributed by atoms with van der Waals surface area (Å²) < 4.78 is 45.4. The number of aromatic amines is 1. The first-order chi connectivity index (χ1) is 14.3. The number of sulfonamides is 1. The fourth-order valence-corrected chi connectivity index (χ4v) is 3.66. The molecule has 1 heterocycles. The van der Waals surface area contributed by atoms with Crippen LogP contribution in [0, 0.1) is 5.82 Å². The lowest BCUT2D eigenvalue weighted by Crippen LogP contribution is -2.20. The second-order valence-electron chi connectivity index (χ2n) is 5.98. The summed E-state index contributed by atoms with van der Waals surface area (Å²) in [6.07, 6.45) is 1.06. The minimum Gasteiger partial charge on any atom is -0.462 e. The largest absolute Gasteiger partial charge is 0.462 e. The van der Waals surface area contributed by atoms with Gasteiger partial charge in [0.1, 0.15) is 5.82 Å². The highest BCUT2D eigenvalue weighted by Crippen LogP contribution is 2.20. The Morgan fingerprint density at radius 2 is 1.87 bits per heavy atom. The second-order valence-corrected chi connectivity index (χ2v) is 7.60. The van der Waals surface area contributed by atoms with Crippen molar-refractivity contribution in [3.8, 4) is 0 Å². The normalized spacial score (nSPS) is 11.0. The van der Waals surface area contributed by atoms with E-state index in [9.17, 15) is 22.4 Å². The summed E-state index contributed by atoms with van der Waals surface area (Å²) in [5.41, 5.74) is 0.361. The van der Waals surface area contributed by atoms with Crippen molar-refractivity contribution < 1.29 is 27.1 Å². The molecule has 30 heavy (non-hydrogen) atoms. The predicted molar refractivity (Wildman–Crippen MR) is 106 cm³/mol. The zero-order valence-electron chi connectivity index (χ0n) is 15.7. The Kier molecular flexibility index (Phi) is 6.11. The number of halogens is 1. The lowest BCUT2D eigenvalue weighted by Gasteiger charge is -2.09. The fourth-order valence-electron chi connectivity index (χ4n) is 2.50. The molecule has 0 aliphatic carbocycles. The van der Waals surface area contributed by atoms with E-state index in [0.717, 1.165) is 18.3 Å². The van der Waals surface area contributed by atoms with Gasteiger partial charge in [-0.3, -0.25) is 14.6 Å². The van der Waals surface area contributed by atoms with Gasteiger partial charge >= 0.3 is 5.97 Å². The minimum absolute atomic E-state index is 0.111. The maximum atomic E-state index is 13.0. The monoisotopic (exact) mass is 432 g/mol. The predicted octanol–water partition coefficient (Wildman–Crippen LogP) is 2.78. The van der Waals surface area contributed by atoms with Gasteiger partial charge in [0.2, 0.25) is 0 Å². The Bertz CT molecular complexity index is 1180. The molecule has 3 aromatic rings. The van der Waals surface area contributed by atoms with Gasteiger partial charge in [-0.15, -0.1) is 0 Å². The Hall–Kier alpha value is -3.73. The average Bonchev–Trinajstić information content (AvgIpc) is 3.21. The van der Waals surface area contributed by atoms with Crippen LogP contribution in [0.2, 0.25) is 0 Å². The van der Waals surface area contributed by atoms with Crippen molar-refractivity contribution in [1.82, 2.24) is 10.2 Å². The van der Waals surface area contributed by atoms with Crippen LogP contribution >= 0.6 is 0 Å². The number of nitrogens with one attached hydrogen (secondary N) is 3. The maximum absolute atomic E-state index is 13.0. The molecule has 2 aromatic carbocycles. The van der Waals surface area contributed by atoms with Crippen LogP contribution in [-0.2, 0) is 14.8 Å². The van der Waals surface area contributed by atoms with Gasteiger partial charge in [-0.1, -0.05) is 6.07 Å². The van der Waals surface area contributed by atoms with Crippen molar-refractivity contribution >= 4 is 33.3 Å². The standard InChI is InChI=1S/C19H17FN4O5S/c1-2-29-19(26)12-4-3-5-15(10-12)22-17(25)16-11-21-23-18(16)30(27,28)24-14-8-6-13(20)7-9-14/h3-11,24H,2H2,1H3,(H,21,23)(H,22,25). The van der Waals surface area contributed by atoms with E-state index in [0.29, 0.717) is 0 Å². The number of H-pyrrole nitrogens is 1. The highest BCUT2D eigenvalue weighted by molar-refractivity contribution is 7.92. The number of rotatable bonds is 7. The molecule has 0 radical (unpaired) electrons. The Balaban J connectivity index is 1.80. The molecular formula is C19H17FN4O5S. The molecule has 0 fully saturated rings. The molecule has 9 nitrogen and oxygen atoms in total. The number of esters is 1. The van der Waals surface area contributed by atoms with Crippen molar-refractivity contribution in [1.29, 1.82) is 0 Å². The molecule has 0 saturated heterocycles. The number of aromatic nitrogens is 2. The van der Waals surface area contributed by atoms with E-state index in [1.807, 2.05) is 0 Å². The Morgan fingerprint density at radius 1 is 1.13 bits per heavy atom. The molecule has 3 N–H and O–H groups in total. The van der Waals surface area contributed by atoms with Gasteiger partial charge in [-0.25, -0.2) is 9.18 Å². The molecule has 0 aliphatic rings. The molecule has 0 bridgehead atoms. The maximum Gasteiger partial charge on any atom is 0.338 e. The third-order valence-electron chi connectivity index (χ3n) is 3.85. The molecule has 11 heteroatoms. The third-order valence-corrected chi connectivity index (χ3v) is 5.20. The van der Waals surface area contributed by atoms with E-state index in [1.54, 1.807) is 13.0 Å². The highest BCUT2D eigenvalue weighted by atomic mass is 32.2. The molecular weight excluding hydrogens is 415 g/mol. The SMILES string of the molecule is CCOC(=O)c1cccc(NC(=O)c2cn[nH]c2S(=O)(=O)Nc2ccc(F)cc2)c1. The number of nitrogens with zero attached hydrogens (tertiary/aromatic N) is 1. The third kappa shape index (κ3) is 4.81. The number of anilines is 2. The number of hydrogen-bond acceptors (Lipinski definition) is 6. The Morgan fingerprint density at radius 3 is 2.57 bits per heavy atom. The van der Waals surface area contributed by atoms with Crippen molar-refractivity contribution in [2.75, 3.05) is 16.6 Å². The average molecular weight is 432 g/mol.